The SMILES string of the molecule is CC(N)c1ncc(-c2cc(Br)ccc2Cl)o1. The van der Waals surface area contributed by atoms with Crippen LogP contribution in [0.5, 0.6) is 0 Å². The van der Waals surface area contributed by atoms with Crippen molar-refractivity contribution < 1.29 is 4.42 Å². The second-order valence-electron chi connectivity index (χ2n) is 3.48. The van der Waals surface area contributed by atoms with Gasteiger partial charge in [-0.3, -0.25) is 0 Å². The van der Waals surface area contributed by atoms with Crippen molar-refractivity contribution in [1.29, 1.82) is 0 Å². The van der Waals surface area contributed by atoms with Crippen LogP contribution in [-0.2, 0) is 0 Å². The minimum absolute atomic E-state index is 0.223. The van der Waals surface area contributed by atoms with Crippen molar-refractivity contribution in [1.82, 2.24) is 4.98 Å². The van der Waals surface area contributed by atoms with E-state index in [2.05, 4.69) is 20.9 Å². The normalized spacial score (nSPS) is 12.8. The largest absolute Gasteiger partial charge is 0.439 e. The van der Waals surface area contributed by atoms with Gasteiger partial charge in [-0.25, -0.2) is 4.98 Å². The number of rotatable bonds is 2. The van der Waals surface area contributed by atoms with E-state index in [0.717, 1.165) is 10.0 Å². The molecule has 1 unspecified atom stereocenters. The first kappa shape index (κ1) is 11.6. The standard InChI is InChI=1S/C11H10BrClN2O/c1-6(14)11-15-5-10(16-11)8-4-7(12)2-3-9(8)13/h2-6H,14H2,1H3. The van der Waals surface area contributed by atoms with Crippen molar-refractivity contribution in [2.75, 3.05) is 0 Å². The van der Waals surface area contributed by atoms with Gasteiger partial charge in [0, 0.05) is 10.0 Å². The average molecular weight is 302 g/mol. The Balaban J connectivity index is 2.46. The zero-order valence-corrected chi connectivity index (χ0v) is 10.9. The Bertz CT molecular complexity index is 510. The lowest BCUT2D eigenvalue weighted by molar-refractivity contribution is 0.473. The minimum Gasteiger partial charge on any atom is -0.439 e. The lowest BCUT2D eigenvalue weighted by Gasteiger charge is -2.01. The Morgan fingerprint density at radius 2 is 2.25 bits per heavy atom. The third kappa shape index (κ3) is 2.29. The number of hydrogen-bond donors (Lipinski definition) is 1. The van der Waals surface area contributed by atoms with Gasteiger partial charge < -0.3 is 10.2 Å². The minimum atomic E-state index is -0.223. The zero-order valence-electron chi connectivity index (χ0n) is 8.58. The number of halogens is 2. The summed E-state index contributed by atoms with van der Waals surface area (Å²) in [5.41, 5.74) is 6.48. The van der Waals surface area contributed by atoms with Crippen molar-refractivity contribution >= 4 is 27.5 Å². The van der Waals surface area contributed by atoms with Crippen LogP contribution in [0, 0.1) is 0 Å². The van der Waals surface area contributed by atoms with Gasteiger partial charge in [-0.05, 0) is 25.1 Å². The molecule has 2 N–H and O–H groups in total. The molecule has 84 valence electrons. The Kier molecular flexibility index (Phi) is 3.33. The molecule has 0 spiro atoms. The molecule has 0 aliphatic heterocycles. The molecule has 2 rings (SSSR count). The maximum absolute atomic E-state index is 6.08. The summed E-state index contributed by atoms with van der Waals surface area (Å²) < 4.78 is 6.46. The van der Waals surface area contributed by atoms with Crippen LogP contribution in [0.25, 0.3) is 11.3 Å². The smallest absolute Gasteiger partial charge is 0.211 e. The van der Waals surface area contributed by atoms with Gasteiger partial charge >= 0.3 is 0 Å². The predicted molar refractivity (Wildman–Crippen MR) is 67.3 cm³/mol. The van der Waals surface area contributed by atoms with Crippen LogP contribution in [0.3, 0.4) is 0 Å². The van der Waals surface area contributed by atoms with E-state index in [-0.39, 0.29) is 6.04 Å². The van der Waals surface area contributed by atoms with Crippen molar-refractivity contribution in [2.24, 2.45) is 5.73 Å². The summed E-state index contributed by atoms with van der Waals surface area (Å²) in [6.07, 6.45) is 1.63. The highest BCUT2D eigenvalue weighted by atomic mass is 79.9. The van der Waals surface area contributed by atoms with E-state index < -0.39 is 0 Å². The van der Waals surface area contributed by atoms with Gasteiger partial charge in [0.1, 0.15) is 0 Å². The molecular formula is C11H10BrClN2O. The van der Waals surface area contributed by atoms with E-state index in [9.17, 15) is 0 Å². The fourth-order valence-electron chi connectivity index (χ4n) is 1.31. The summed E-state index contributed by atoms with van der Waals surface area (Å²) >= 11 is 9.46. The molecule has 2 aromatic rings. The summed E-state index contributed by atoms with van der Waals surface area (Å²) in [7, 11) is 0. The highest BCUT2D eigenvalue weighted by Gasteiger charge is 2.12. The molecule has 0 saturated heterocycles. The first-order chi connectivity index (χ1) is 7.58. The Hall–Kier alpha value is -0.840. The van der Waals surface area contributed by atoms with Gasteiger partial charge in [-0.2, -0.15) is 0 Å². The fourth-order valence-corrected chi connectivity index (χ4v) is 1.88. The topological polar surface area (TPSA) is 52.0 Å². The van der Waals surface area contributed by atoms with Crippen LogP contribution in [0.2, 0.25) is 5.02 Å². The van der Waals surface area contributed by atoms with E-state index in [1.54, 1.807) is 12.3 Å². The third-order valence-corrected chi connectivity index (χ3v) is 2.93. The molecule has 0 aliphatic carbocycles. The third-order valence-electron chi connectivity index (χ3n) is 2.11. The van der Waals surface area contributed by atoms with Gasteiger partial charge in [-0.15, -0.1) is 0 Å². The summed E-state index contributed by atoms with van der Waals surface area (Å²) in [6, 6.07) is 5.33. The zero-order chi connectivity index (χ0) is 11.7. The second-order valence-corrected chi connectivity index (χ2v) is 4.80. The van der Waals surface area contributed by atoms with E-state index in [4.69, 9.17) is 21.8 Å². The van der Waals surface area contributed by atoms with Crippen molar-refractivity contribution in [2.45, 2.75) is 13.0 Å². The molecular weight excluding hydrogens is 291 g/mol. The molecule has 0 aliphatic rings. The molecule has 0 bridgehead atoms. The van der Waals surface area contributed by atoms with Gasteiger partial charge in [0.15, 0.2) is 5.76 Å². The van der Waals surface area contributed by atoms with E-state index in [1.807, 2.05) is 19.1 Å². The van der Waals surface area contributed by atoms with Crippen molar-refractivity contribution in [3.05, 3.63) is 39.8 Å². The maximum atomic E-state index is 6.08. The molecule has 0 saturated carbocycles. The molecule has 5 heteroatoms. The average Bonchev–Trinajstić information content (AvgIpc) is 2.70. The summed E-state index contributed by atoms with van der Waals surface area (Å²) in [5.74, 6) is 1.13. The molecule has 0 fully saturated rings. The molecule has 3 nitrogen and oxygen atoms in total. The Morgan fingerprint density at radius 1 is 1.50 bits per heavy atom. The molecule has 1 heterocycles. The number of benzene rings is 1. The first-order valence-electron chi connectivity index (χ1n) is 4.74. The highest BCUT2D eigenvalue weighted by molar-refractivity contribution is 9.10. The predicted octanol–water partition coefficient (Wildman–Crippen LogP) is 3.78. The second kappa shape index (κ2) is 4.57. The fraction of sp³-hybridized carbons (Fsp3) is 0.182. The summed E-state index contributed by atoms with van der Waals surface area (Å²) in [4.78, 5) is 4.10. The summed E-state index contributed by atoms with van der Waals surface area (Å²) in [6.45, 7) is 1.82. The molecule has 0 radical (unpaired) electrons. The van der Waals surface area contributed by atoms with Gasteiger partial charge in [0.25, 0.3) is 0 Å². The summed E-state index contributed by atoms with van der Waals surface area (Å²) in [5, 5.41) is 0.621. The van der Waals surface area contributed by atoms with Crippen LogP contribution in [-0.4, -0.2) is 4.98 Å². The number of oxazole rings is 1. The van der Waals surface area contributed by atoms with Crippen LogP contribution >= 0.6 is 27.5 Å². The van der Waals surface area contributed by atoms with Crippen LogP contribution in [0.4, 0.5) is 0 Å². The van der Waals surface area contributed by atoms with E-state index in [0.29, 0.717) is 16.7 Å². The molecule has 0 amide bonds. The molecule has 1 atom stereocenters. The van der Waals surface area contributed by atoms with Gasteiger partial charge in [0.2, 0.25) is 5.89 Å². The Morgan fingerprint density at radius 3 is 2.88 bits per heavy atom. The van der Waals surface area contributed by atoms with Gasteiger partial charge in [0.05, 0.1) is 17.3 Å². The van der Waals surface area contributed by atoms with Crippen LogP contribution in [0.15, 0.2) is 33.3 Å². The van der Waals surface area contributed by atoms with Crippen LogP contribution < -0.4 is 5.73 Å². The lowest BCUT2D eigenvalue weighted by atomic mass is 10.2. The first-order valence-corrected chi connectivity index (χ1v) is 5.92. The van der Waals surface area contributed by atoms with Gasteiger partial charge in [-0.1, -0.05) is 27.5 Å². The van der Waals surface area contributed by atoms with E-state index >= 15 is 0 Å². The van der Waals surface area contributed by atoms with Crippen molar-refractivity contribution in [3.8, 4) is 11.3 Å². The maximum Gasteiger partial charge on any atom is 0.211 e. The number of nitrogens with two attached hydrogens (primary N) is 1. The Labute approximate surface area is 107 Å². The van der Waals surface area contributed by atoms with Crippen LogP contribution in [0.1, 0.15) is 18.9 Å². The quantitative estimate of drug-likeness (QED) is 0.918. The lowest BCUT2D eigenvalue weighted by Crippen LogP contribution is -2.04. The molecule has 16 heavy (non-hydrogen) atoms. The van der Waals surface area contributed by atoms with Crippen molar-refractivity contribution in [3.63, 3.8) is 0 Å². The molecule has 1 aromatic heterocycles. The number of aromatic nitrogens is 1. The number of nitrogens with zero attached hydrogens (tertiary/aromatic N) is 1. The number of hydrogen-bond acceptors (Lipinski definition) is 3. The molecule has 1 aromatic carbocycles. The van der Waals surface area contributed by atoms with E-state index in [1.165, 1.54) is 0 Å². The monoisotopic (exact) mass is 300 g/mol. The highest BCUT2D eigenvalue weighted by Crippen LogP contribution is 2.31.